The lowest BCUT2D eigenvalue weighted by Gasteiger charge is -2.37. The summed E-state index contributed by atoms with van der Waals surface area (Å²) in [6.07, 6.45) is 0. The highest BCUT2D eigenvalue weighted by molar-refractivity contribution is 6.57. The van der Waals surface area contributed by atoms with E-state index in [-0.39, 0.29) is 0 Å². The molecule has 0 radical (unpaired) electrons. The highest BCUT2D eigenvalue weighted by Crippen LogP contribution is 2.51. The van der Waals surface area contributed by atoms with Gasteiger partial charge in [-0.2, -0.15) is 0 Å². The fraction of sp³-hybridized carbons (Fsp3) is 0.214. The monoisotopic (exact) mass is 420 g/mol. The van der Waals surface area contributed by atoms with Crippen molar-refractivity contribution in [3.63, 3.8) is 0 Å². The van der Waals surface area contributed by atoms with Crippen molar-refractivity contribution in [1.29, 1.82) is 0 Å². The van der Waals surface area contributed by atoms with Crippen LogP contribution in [0.3, 0.4) is 0 Å². The molecular formula is C28H25BO3. The van der Waals surface area contributed by atoms with E-state index in [1.54, 1.807) is 13.8 Å². The Morgan fingerprint density at radius 2 is 1.41 bits per heavy atom. The number of fused-ring (bicyclic) bond motifs is 7. The van der Waals surface area contributed by atoms with Gasteiger partial charge < -0.3 is 14.2 Å². The summed E-state index contributed by atoms with van der Waals surface area (Å²) in [5.41, 5.74) is 6.08. The maximum absolute atomic E-state index is 10.6. The SMILES string of the molecule is CC(C)(O)C(C)(C)OBc1c2cccc3c2c(c2c1oc1ccccc12)-c1ccccc1-3. The van der Waals surface area contributed by atoms with Crippen molar-refractivity contribution in [2.45, 2.75) is 38.9 Å². The molecule has 0 spiro atoms. The molecule has 0 saturated heterocycles. The molecule has 0 saturated carbocycles. The van der Waals surface area contributed by atoms with Crippen LogP contribution in [0.5, 0.6) is 0 Å². The number of benzene rings is 4. The van der Waals surface area contributed by atoms with Crippen LogP contribution in [0.2, 0.25) is 0 Å². The Labute approximate surface area is 187 Å². The topological polar surface area (TPSA) is 42.6 Å². The molecule has 1 N–H and O–H groups in total. The van der Waals surface area contributed by atoms with Crippen LogP contribution in [0.25, 0.3) is 55.0 Å². The Bertz CT molecular complexity index is 1540. The molecule has 0 amide bonds. The Hall–Kier alpha value is -3.08. The van der Waals surface area contributed by atoms with E-state index < -0.39 is 11.2 Å². The van der Waals surface area contributed by atoms with Crippen molar-refractivity contribution in [2.24, 2.45) is 0 Å². The molecule has 0 aliphatic heterocycles. The van der Waals surface area contributed by atoms with E-state index in [1.807, 2.05) is 26.0 Å². The van der Waals surface area contributed by atoms with Gasteiger partial charge in [0.25, 0.3) is 0 Å². The van der Waals surface area contributed by atoms with Crippen LogP contribution in [-0.2, 0) is 4.65 Å². The van der Waals surface area contributed by atoms with Crippen LogP contribution >= 0.6 is 0 Å². The summed E-state index contributed by atoms with van der Waals surface area (Å²) in [5, 5.41) is 15.3. The van der Waals surface area contributed by atoms with Crippen molar-refractivity contribution >= 4 is 45.7 Å². The van der Waals surface area contributed by atoms with Gasteiger partial charge in [0.15, 0.2) is 0 Å². The molecule has 1 heterocycles. The highest BCUT2D eigenvalue weighted by Gasteiger charge is 2.37. The summed E-state index contributed by atoms with van der Waals surface area (Å²) in [5.74, 6) is 0. The zero-order valence-corrected chi connectivity index (χ0v) is 18.8. The minimum atomic E-state index is -0.981. The summed E-state index contributed by atoms with van der Waals surface area (Å²) >= 11 is 0. The first-order chi connectivity index (χ1) is 15.3. The Morgan fingerprint density at radius 3 is 2.19 bits per heavy atom. The van der Waals surface area contributed by atoms with Crippen LogP contribution in [0, 0.1) is 0 Å². The van der Waals surface area contributed by atoms with Crippen LogP contribution in [-0.4, -0.2) is 23.8 Å². The van der Waals surface area contributed by atoms with Gasteiger partial charge in [-0.25, -0.2) is 0 Å². The standard InChI is InChI=1S/C28H25BO3/c1-27(2,30)28(3,4)32-29-25-20-14-9-13-17-16-10-5-6-11-18(16)23(22(17)20)24-19-12-7-8-15-21(19)31-26(24)25/h5-15,29-30H,1-4H3. The zero-order valence-electron chi connectivity index (χ0n) is 18.8. The molecule has 6 rings (SSSR count). The lowest BCUT2D eigenvalue weighted by Crippen LogP contribution is -2.49. The summed E-state index contributed by atoms with van der Waals surface area (Å²) < 4.78 is 12.8. The molecule has 5 aromatic rings. The molecule has 3 nitrogen and oxygen atoms in total. The fourth-order valence-corrected chi connectivity index (χ4v) is 4.83. The Morgan fingerprint density at radius 1 is 0.750 bits per heavy atom. The molecule has 0 unspecified atom stereocenters. The van der Waals surface area contributed by atoms with Crippen LogP contribution < -0.4 is 5.46 Å². The van der Waals surface area contributed by atoms with Crippen molar-refractivity contribution in [3.8, 4) is 22.3 Å². The molecule has 4 heteroatoms. The Kier molecular flexibility index (Phi) is 3.96. The maximum atomic E-state index is 10.6. The molecule has 32 heavy (non-hydrogen) atoms. The van der Waals surface area contributed by atoms with Gasteiger partial charge in [-0.1, -0.05) is 60.7 Å². The molecule has 0 fully saturated rings. The predicted molar refractivity (Wildman–Crippen MR) is 134 cm³/mol. The quantitative estimate of drug-likeness (QED) is 0.360. The van der Waals surface area contributed by atoms with E-state index in [1.165, 1.54) is 27.6 Å². The summed E-state index contributed by atoms with van der Waals surface area (Å²) in [4.78, 5) is 0. The average Bonchev–Trinajstić information content (AvgIpc) is 3.30. The van der Waals surface area contributed by atoms with Crippen molar-refractivity contribution in [3.05, 3.63) is 66.7 Å². The van der Waals surface area contributed by atoms with Crippen LogP contribution in [0.1, 0.15) is 27.7 Å². The minimum Gasteiger partial charge on any atom is -0.456 e. The van der Waals surface area contributed by atoms with Gasteiger partial charge in [-0.05, 0) is 66.7 Å². The van der Waals surface area contributed by atoms with E-state index in [4.69, 9.17) is 9.07 Å². The van der Waals surface area contributed by atoms with Gasteiger partial charge in [-0.3, -0.25) is 0 Å². The Balaban J connectivity index is 1.72. The molecule has 1 aliphatic carbocycles. The fourth-order valence-electron chi connectivity index (χ4n) is 4.83. The largest absolute Gasteiger partial charge is 0.456 e. The second-order valence-electron chi connectivity index (χ2n) is 9.79. The normalized spacial score (nSPS) is 13.3. The first-order valence-corrected chi connectivity index (χ1v) is 11.1. The van der Waals surface area contributed by atoms with E-state index in [0.29, 0.717) is 7.48 Å². The van der Waals surface area contributed by atoms with E-state index in [9.17, 15) is 5.11 Å². The first-order valence-electron chi connectivity index (χ1n) is 11.1. The summed E-state index contributed by atoms with van der Waals surface area (Å²) in [6.45, 7) is 7.43. The van der Waals surface area contributed by atoms with E-state index in [2.05, 4.69) is 54.6 Å². The van der Waals surface area contributed by atoms with E-state index >= 15 is 0 Å². The van der Waals surface area contributed by atoms with E-state index in [0.717, 1.165) is 32.8 Å². The number of rotatable bonds is 4. The first kappa shape index (κ1) is 19.6. The minimum absolute atomic E-state index is 0.351. The second-order valence-corrected chi connectivity index (χ2v) is 9.79. The number of hydrogen-bond donors (Lipinski definition) is 1. The van der Waals surface area contributed by atoms with Gasteiger partial charge in [0.05, 0.1) is 11.2 Å². The van der Waals surface area contributed by atoms with Gasteiger partial charge in [0, 0.05) is 16.3 Å². The third-order valence-corrected chi connectivity index (χ3v) is 7.30. The predicted octanol–water partition coefficient (Wildman–Crippen LogP) is 5.93. The smallest absolute Gasteiger partial charge is 0.313 e. The lowest BCUT2D eigenvalue weighted by molar-refractivity contribution is -0.0892. The molecule has 0 atom stereocenters. The van der Waals surface area contributed by atoms with Crippen LogP contribution in [0.4, 0.5) is 0 Å². The van der Waals surface area contributed by atoms with Crippen LogP contribution in [0.15, 0.2) is 71.1 Å². The third kappa shape index (κ3) is 2.57. The summed E-state index contributed by atoms with van der Waals surface area (Å²) in [6, 6.07) is 23.3. The van der Waals surface area contributed by atoms with Gasteiger partial charge in [0.2, 0.25) is 0 Å². The van der Waals surface area contributed by atoms with Crippen molar-refractivity contribution < 1.29 is 14.2 Å². The van der Waals surface area contributed by atoms with Gasteiger partial charge >= 0.3 is 7.48 Å². The number of para-hydroxylation sites is 1. The van der Waals surface area contributed by atoms with Gasteiger partial charge in [-0.15, -0.1) is 0 Å². The maximum Gasteiger partial charge on any atom is 0.313 e. The molecule has 1 aromatic heterocycles. The second kappa shape index (κ2) is 6.47. The zero-order chi connectivity index (χ0) is 22.3. The molecule has 0 bridgehead atoms. The van der Waals surface area contributed by atoms with Crippen molar-refractivity contribution in [1.82, 2.24) is 0 Å². The lowest BCUT2D eigenvalue weighted by atomic mass is 9.78. The molecule has 1 aliphatic rings. The molecule has 158 valence electrons. The number of hydrogen-bond acceptors (Lipinski definition) is 3. The van der Waals surface area contributed by atoms with Gasteiger partial charge in [0.1, 0.15) is 11.2 Å². The molecule has 4 aromatic carbocycles. The average molecular weight is 420 g/mol. The third-order valence-electron chi connectivity index (χ3n) is 7.30. The summed E-state index contributed by atoms with van der Waals surface area (Å²) in [7, 11) is 0.351. The highest BCUT2D eigenvalue weighted by atomic mass is 16.5. The number of aliphatic hydroxyl groups is 1. The number of furan rings is 1. The molecular weight excluding hydrogens is 395 g/mol. The van der Waals surface area contributed by atoms with Crippen molar-refractivity contribution in [2.75, 3.05) is 0 Å².